The SMILES string of the molecule is N#CCN1C(=O)CCCC1=O. The van der Waals surface area contributed by atoms with Crippen LogP contribution in [0.1, 0.15) is 19.3 Å². The maximum absolute atomic E-state index is 10.9. The second-order valence-corrected chi connectivity index (χ2v) is 2.39. The third-order valence-corrected chi connectivity index (χ3v) is 1.61. The second-order valence-electron chi connectivity index (χ2n) is 2.39. The number of hydrogen-bond acceptors (Lipinski definition) is 3. The molecule has 0 saturated carbocycles. The van der Waals surface area contributed by atoms with Gasteiger partial charge in [-0.15, -0.1) is 0 Å². The zero-order valence-corrected chi connectivity index (χ0v) is 6.04. The van der Waals surface area contributed by atoms with Gasteiger partial charge in [-0.25, -0.2) is 0 Å². The quantitative estimate of drug-likeness (QED) is 0.394. The van der Waals surface area contributed by atoms with E-state index in [1.807, 2.05) is 0 Å². The highest BCUT2D eigenvalue weighted by Gasteiger charge is 2.24. The average Bonchev–Trinajstić information content (AvgIpc) is 1.97. The minimum absolute atomic E-state index is 0.0995. The average molecular weight is 152 g/mol. The topological polar surface area (TPSA) is 61.2 Å². The molecule has 0 unspecified atom stereocenters. The first-order valence-electron chi connectivity index (χ1n) is 3.46. The molecule has 1 saturated heterocycles. The summed E-state index contributed by atoms with van der Waals surface area (Å²) in [4.78, 5) is 22.9. The van der Waals surface area contributed by atoms with Crippen molar-refractivity contribution in [2.24, 2.45) is 0 Å². The van der Waals surface area contributed by atoms with Gasteiger partial charge in [0.05, 0.1) is 6.07 Å². The number of nitriles is 1. The van der Waals surface area contributed by atoms with E-state index in [0.717, 1.165) is 4.90 Å². The van der Waals surface area contributed by atoms with Crippen LogP contribution >= 0.6 is 0 Å². The Morgan fingerprint density at radius 2 is 1.91 bits per heavy atom. The van der Waals surface area contributed by atoms with E-state index in [2.05, 4.69) is 0 Å². The number of rotatable bonds is 1. The van der Waals surface area contributed by atoms with Gasteiger partial charge in [0.2, 0.25) is 11.8 Å². The molecule has 0 aliphatic carbocycles. The van der Waals surface area contributed by atoms with Gasteiger partial charge in [0.1, 0.15) is 6.54 Å². The van der Waals surface area contributed by atoms with Gasteiger partial charge in [0.15, 0.2) is 0 Å². The van der Waals surface area contributed by atoms with Crippen LogP contribution in [0.5, 0.6) is 0 Å². The number of likely N-dealkylation sites (tertiary alicyclic amines) is 1. The Morgan fingerprint density at radius 1 is 1.36 bits per heavy atom. The van der Waals surface area contributed by atoms with Gasteiger partial charge >= 0.3 is 0 Å². The van der Waals surface area contributed by atoms with Gasteiger partial charge in [0, 0.05) is 12.8 Å². The molecule has 0 radical (unpaired) electrons. The van der Waals surface area contributed by atoms with Crippen molar-refractivity contribution in [2.75, 3.05) is 6.54 Å². The summed E-state index contributed by atoms with van der Waals surface area (Å²) in [6.45, 7) is -0.0995. The van der Waals surface area contributed by atoms with Crippen molar-refractivity contribution in [1.82, 2.24) is 4.90 Å². The molecule has 4 heteroatoms. The molecule has 0 spiro atoms. The molecule has 1 heterocycles. The Hall–Kier alpha value is -1.37. The van der Waals surface area contributed by atoms with Gasteiger partial charge in [-0.05, 0) is 6.42 Å². The lowest BCUT2D eigenvalue weighted by Gasteiger charge is -2.21. The molecule has 4 nitrogen and oxygen atoms in total. The molecule has 2 amide bonds. The molecule has 0 atom stereocenters. The van der Waals surface area contributed by atoms with E-state index in [4.69, 9.17) is 5.26 Å². The minimum Gasteiger partial charge on any atom is -0.274 e. The summed E-state index contributed by atoms with van der Waals surface area (Å²) < 4.78 is 0. The van der Waals surface area contributed by atoms with Crippen molar-refractivity contribution in [1.29, 1.82) is 5.26 Å². The van der Waals surface area contributed by atoms with Gasteiger partial charge in [-0.3, -0.25) is 14.5 Å². The largest absolute Gasteiger partial charge is 0.274 e. The predicted molar refractivity (Wildman–Crippen MR) is 36.2 cm³/mol. The standard InChI is InChI=1S/C7H8N2O2/c8-4-5-9-6(10)2-1-3-7(9)11/h1-3,5H2. The van der Waals surface area contributed by atoms with E-state index in [9.17, 15) is 9.59 Å². The Morgan fingerprint density at radius 3 is 2.36 bits per heavy atom. The van der Waals surface area contributed by atoms with Crippen LogP contribution in [0.2, 0.25) is 0 Å². The molecule has 1 fully saturated rings. The molecule has 0 aromatic heterocycles. The molecule has 0 aromatic rings. The number of imide groups is 1. The highest BCUT2D eigenvalue weighted by molar-refractivity contribution is 5.97. The Bertz CT molecular complexity index is 213. The van der Waals surface area contributed by atoms with Gasteiger partial charge < -0.3 is 0 Å². The van der Waals surface area contributed by atoms with Crippen molar-refractivity contribution in [3.8, 4) is 6.07 Å². The number of nitrogens with zero attached hydrogens (tertiary/aromatic N) is 2. The summed E-state index contributed by atoms with van der Waals surface area (Å²) in [6, 6.07) is 1.78. The Kier molecular flexibility index (Phi) is 2.21. The van der Waals surface area contributed by atoms with Crippen LogP contribution in [0, 0.1) is 11.3 Å². The van der Waals surface area contributed by atoms with Crippen LogP contribution < -0.4 is 0 Å². The first kappa shape index (κ1) is 7.73. The smallest absolute Gasteiger partial charge is 0.230 e. The summed E-state index contributed by atoms with van der Waals surface area (Å²) in [5.41, 5.74) is 0. The number of carbonyl (C=O) groups is 2. The van der Waals surface area contributed by atoms with E-state index < -0.39 is 0 Å². The van der Waals surface area contributed by atoms with Crippen LogP contribution in [-0.4, -0.2) is 23.3 Å². The van der Waals surface area contributed by atoms with Crippen LogP contribution in [0.3, 0.4) is 0 Å². The Labute approximate surface area is 64.4 Å². The summed E-state index contributed by atoms with van der Waals surface area (Å²) in [5, 5.41) is 8.26. The van der Waals surface area contributed by atoms with Crippen molar-refractivity contribution in [3.63, 3.8) is 0 Å². The van der Waals surface area contributed by atoms with Crippen LogP contribution in [0.4, 0.5) is 0 Å². The third kappa shape index (κ3) is 1.55. The van der Waals surface area contributed by atoms with Crippen LogP contribution in [0.25, 0.3) is 0 Å². The van der Waals surface area contributed by atoms with E-state index >= 15 is 0 Å². The lowest BCUT2D eigenvalue weighted by Crippen LogP contribution is -2.40. The summed E-state index contributed by atoms with van der Waals surface area (Å²) in [5.74, 6) is -0.439. The molecule has 0 bridgehead atoms. The molecular weight excluding hydrogens is 144 g/mol. The monoisotopic (exact) mass is 152 g/mol. The summed E-state index contributed by atoms with van der Waals surface area (Å²) in [6.07, 6.45) is 1.42. The fraction of sp³-hybridized carbons (Fsp3) is 0.571. The van der Waals surface area contributed by atoms with E-state index in [1.165, 1.54) is 0 Å². The van der Waals surface area contributed by atoms with E-state index in [-0.39, 0.29) is 18.4 Å². The fourth-order valence-electron chi connectivity index (χ4n) is 1.05. The Balaban J connectivity index is 2.64. The highest BCUT2D eigenvalue weighted by Crippen LogP contribution is 2.10. The van der Waals surface area contributed by atoms with Gasteiger partial charge in [-0.1, -0.05) is 0 Å². The second kappa shape index (κ2) is 3.15. The molecule has 58 valence electrons. The molecule has 1 rings (SSSR count). The molecule has 1 aliphatic rings. The first-order chi connectivity index (χ1) is 5.25. The molecule has 11 heavy (non-hydrogen) atoms. The molecule has 0 N–H and O–H groups in total. The van der Waals surface area contributed by atoms with Gasteiger partial charge in [-0.2, -0.15) is 5.26 Å². The van der Waals surface area contributed by atoms with E-state index in [0.29, 0.717) is 19.3 Å². The number of hydrogen-bond donors (Lipinski definition) is 0. The highest BCUT2D eigenvalue weighted by atomic mass is 16.2. The number of piperidine rings is 1. The summed E-state index contributed by atoms with van der Waals surface area (Å²) >= 11 is 0. The summed E-state index contributed by atoms with van der Waals surface area (Å²) in [7, 11) is 0. The molecular formula is C7H8N2O2. The lowest BCUT2D eigenvalue weighted by molar-refractivity contribution is -0.147. The molecule has 1 aliphatic heterocycles. The maximum Gasteiger partial charge on any atom is 0.230 e. The van der Waals surface area contributed by atoms with Crippen LogP contribution in [0.15, 0.2) is 0 Å². The normalized spacial score (nSPS) is 18.3. The van der Waals surface area contributed by atoms with Crippen molar-refractivity contribution in [3.05, 3.63) is 0 Å². The minimum atomic E-state index is -0.220. The third-order valence-electron chi connectivity index (χ3n) is 1.61. The maximum atomic E-state index is 10.9. The first-order valence-corrected chi connectivity index (χ1v) is 3.46. The van der Waals surface area contributed by atoms with Gasteiger partial charge in [0.25, 0.3) is 0 Å². The van der Waals surface area contributed by atoms with Crippen molar-refractivity contribution >= 4 is 11.8 Å². The van der Waals surface area contributed by atoms with E-state index in [1.54, 1.807) is 6.07 Å². The van der Waals surface area contributed by atoms with Crippen LogP contribution in [-0.2, 0) is 9.59 Å². The zero-order chi connectivity index (χ0) is 8.27. The number of amides is 2. The predicted octanol–water partition coefficient (Wildman–Crippen LogP) is 0.0491. The lowest BCUT2D eigenvalue weighted by atomic mass is 10.1. The zero-order valence-electron chi connectivity index (χ0n) is 6.04. The molecule has 0 aromatic carbocycles. The number of carbonyl (C=O) groups excluding carboxylic acids is 2. The van der Waals surface area contributed by atoms with Crippen molar-refractivity contribution < 1.29 is 9.59 Å². The van der Waals surface area contributed by atoms with Crippen molar-refractivity contribution in [2.45, 2.75) is 19.3 Å². The fourth-order valence-corrected chi connectivity index (χ4v) is 1.05.